The standard InChI is InChI=1S/C14H14S3Se2/c1-3-7-13(8-4-1)11-18-16-15-17-19-12-14-9-5-2-6-10-14/h1-10H,11-12H2. The number of hydrogen-bond acceptors (Lipinski definition) is 3. The second kappa shape index (κ2) is 10.3. The average Bonchev–Trinajstić information content (AvgIpc) is 2.48. The van der Waals surface area contributed by atoms with Crippen molar-refractivity contribution in [2.45, 2.75) is 10.6 Å². The Morgan fingerprint density at radius 2 is 1.05 bits per heavy atom. The maximum atomic E-state index is 2.22. The van der Waals surface area contributed by atoms with E-state index in [1.165, 1.54) is 21.8 Å². The summed E-state index contributed by atoms with van der Waals surface area (Å²) in [5.74, 6) is 0. The summed E-state index contributed by atoms with van der Waals surface area (Å²) in [5.41, 5.74) is 2.94. The molecule has 2 rings (SSSR count). The predicted molar refractivity (Wildman–Crippen MR) is 94.6 cm³/mol. The first-order valence-corrected chi connectivity index (χ1v) is 15.7. The van der Waals surface area contributed by atoms with Crippen molar-refractivity contribution in [1.82, 2.24) is 0 Å². The Labute approximate surface area is 137 Å². The van der Waals surface area contributed by atoms with Gasteiger partial charge in [0, 0.05) is 0 Å². The molecule has 2 aromatic rings. The van der Waals surface area contributed by atoms with Crippen LogP contribution in [0.2, 0.25) is 0 Å². The molecule has 0 atom stereocenters. The topological polar surface area (TPSA) is 0 Å². The maximum absolute atomic E-state index is 2.22. The SMILES string of the molecule is c1ccc(C[Se]SSS[Se]Cc2ccccc2)cc1. The third kappa shape index (κ3) is 7.19. The summed E-state index contributed by atoms with van der Waals surface area (Å²) >= 11 is 1.31. The molecule has 2 aromatic carbocycles. The molecule has 0 spiro atoms. The van der Waals surface area contributed by atoms with Gasteiger partial charge >= 0.3 is 138 Å². The summed E-state index contributed by atoms with van der Waals surface area (Å²) in [6.45, 7) is 0. The Hall–Kier alpha value is 0.529. The van der Waals surface area contributed by atoms with Crippen LogP contribution in [-0.4, -0.2) is 27.7 Å². The molecule has 0 unspecified atom stereocenters. The molecule has 0 saturated heterocycles. The monoisotopic (exact) mass is 438 g/mol. The number of hydrogen-bond donors (Lipinski definition) is 0. The van der Waals surface area contributed by atoms with Crippen LogP contribution in [-0.2, 0) is 10.6 Å². The second-order valence-corrected chi connectivity index (χ2v) is 16.3. The molecule has 0 aliphatic heterocycles. The van der Waals surface area contributed by atoms with Crippen molar-refractivity contribution in [2.24, 2.45) is 0 Å². The van der Waals surface area contributed by atoms with Gasteiger partial charge in [-0.25, -0.2) is 0 Å². The summed E-state index contributed by atoms with van der Waals surface area (Å²) in [5, 5.41) is 2.47. The van der Waals surface area contributed by atoms with Crippen molar-refractivity contribution < 1.29 is 0 Å². The summed E-state index contributed by atoms with van der Waals surface area (Å²) in [4.78, 5) is 0. The van der Waals surface area contributed by atoms with Crippen LogP contribution in [0.5, 0.6) is 0 Å². The Bertz CT molecular complexity index is 407. The van der Waals surface area contributed by atoms with Crippen molar-refractivity contribution in [3.05, 3.63) is 71.8 Å². The molecule has 0 nitrogen and oxygen atoms in total. The molecular formula is C14H14S3Se2. The van der Waals surface area contributed by atoms with Crippen molar-refractivity contribution in [1.29, 1.82) is 0 Å². The van der Waals surface area contributed by atoms with Gasteiger partial charge in [0.2, 0.25) is 0 Å². The second-order valence-electron chi connectivity index (χ2n) is 3.70. The van der Waals surface area contributed by atoms with E-state index in [1.807, 2.05) is 28.2 Å². The van der Waals surface area contributed by atoms with E-state index >= 15 is 0 Å². The van der Waals surface area contributed by atoms with Gasteiger partial charge in [-0.2, -0.15) is 0 Å². The molecule has 0 heterocycles. The van der Waals surface area contributed by atoms with Gasteiger partial charge in [-0.1, -0.05) is 0 Å². The Balaban J connectivity index is 1.49. The molecular weight excluding hydrogens is 422 g/mol. The molecule has 0 radical (unpaired) electrons. The summed E-state index contributed by atoms with van der Waals surface area (Å²) in [6, 6.07) is 21.6. The molecule has 0 aliphatic carbocycles. The van der Waals surface area contributed by atoms with Crippen LogP contribution in [0.4, 0.5) is 0 Å². The molecule has 0 amide bonds. The third-order valence-electron chi connectivity index (χ3n) is 2.29. The van der Waals surface area contributed by atoms with Crippen LogP contribution in [0.1, 0.15) is 11.1 Å². The van der Waals surface area contributed by atoms with Crippen LogP contribution >= 0.6 is 28.2 Å². The number of rotatable bonds is 8. The fraction of sp³-hybridized carbons (Fsp3) is 0.143. The molecule has 0 N–H and O–H groups in total. The van der Waals surface area contributed by atoms with Crippen LogP contribution < -0.4 is 0 Å². The van der Waals surface area contributed by atoms with Gasteiger partial charge in [0.1, 0.15) is 0 Å². The summed E-state index contributed by atoms with van der Waals surface area (Å²) < 4.78 is 0. The van der Waals surface area contributed by atoms with E-state index in [0.717, 1.165) is 0 Å². The van der Waals surface area contributed by atoms with Crippen molar-refractivity contribution in [3.63, 3.8) is 0 Å². The predicted octanol–water partition coefficient (Wildman–Crippen LogP) is 4.65. The van der Waals surface area contributed by atoms with Crippen molar-refractivity contribution in [2.75, 3.05) is 0 Å². The molecule has 0 saturated carbocycles. The average molecular weight is 436 g/mol. The third-order valence-corrected chi connectivity index (χ3v) is 17.5. The number of benzene rings is 2. The molecule has 100 valence electrons. The van der Waals surface area contributed by atoms with E-state index < -0.39 is 0 Å². The van der Waals surface area contributed by atoms with Gasteiger partial charge in [0.25, 0.3) is 0 Å². The van der Waals surface area contributed by atoms with Gasteiger partial charge in [-0.15, -0.1) is 0 Å². The molecule has 19 heavy (non-hydrogen) atoms. The van der Waals surface area contributed by atoms with Crippen LogP contribution in [0.25, 0.3) is 0 Å². The minimum atomic E-state index is 0.655. The van der Waals surface area contributed by atoms with Gasteiger partial charge < -0.3 is 0 Å². The van der Waals surface area contributed by atoms with Crippen molar-refractivity contribution in [3.8, 4) is 0 Å². The molecule has 0 aromatic heterocycles. The van der Waals surface area contributed by atoms with Crippen LogP contribution in [0.3, 0.4) is 0 Å². The molecule has 0 fully saturated rings. The van der Waals surface area contributed by atoms with Gasteiger partial charge in [-0.05, 0) is 0 Å². The van der Waals surface area contributed by atoms with Crippen LogP contribution in [0, 0.1) is 0 Å². The fourth-order valence-electron chi connectivity index (χ4n) is 1.38. The molecule has 0 aliphatic rings. The zero-order valence-electron chi connectivity index (χ0n) is 10.2. The van der Waals surface area contributed by atoms with E-state index in [9.17, 15) is 0 Å². The quantitative estimate of drug-likeness (QED) is 0.336. The normalized spacial score (nSPS) is 10.5. The van der Waals surface area contributed by atoms with E-state index in [-0.39, 0.29) is 0 Å². The van der Waals surface area contributed by atoms with E-state index in [4.69, 9.17) is 0 Å². The Morgan fingerprint density at radius 1 is 0.632 bits per heavy atom. The molecule has 5 heteroatoms. The minimum absolute atomic E-state index is 0.655. The Kier molecular flexibility index (Phi) is 8.61. The molecule has 0 bridgehead atoms. The van der Waals surface area contributed by atoms with E-state index in [0.29, 0.717) is 27.7 Å². The first kappa shape index (κ1) is 15.9. The Morgan fingerprint density at radius 3 is 1.47 bits per heavy atom. The summed E-state index contributed by atoms with van der Waals surface area (Å²) in [6.07, 6.45) is 0. The van der Waals surface area contributed by atoms with E-state index in [2.05, 4.69) is 60.7 Å². The van der Waals surface area contributed by atoms with Gasteiger partial charge in [-0.3, -0.25) is 0 Å². The first-order chi connectivity index (χ1) is 9.45. The first-order valence-electron chi connectivity index (χ1n) is 5.77. The fourth-order valence-corrected chi connectivity index (χ4v) is 20.1. The zero-order chi connectivity index (χ0) is 13.2. The van der Waals surface area contributed by atoms with Gasteiger partial charge in [0.15, 0.2) is 0 Å². The summed E-state index contributed by atoms with van der Waals surface area (Å²) in [7, 11) is 6.06. The zero-order valence-corrected chi connectivity index (χ0v) is 16.1. The van der Waals surface area contributed by atoms with E-state index in [1.54, 1.807) is 0 Å². The van der Waals surface area contributed by atoms with Gasteiger partial charge in [0.05, 0.1) is 0 Å². The van der Waals surface area contributed by atoms with Crippen LogP contribution in [0.15, 0.2) is 60.7 Å². The van der Waals surface area contributed by atoms with Crippen molar-refractivity contribution >= 4 is 55.9 Å².